The predicted molar refractivity (Wildman–Crippen MR) is 105 cm³/mol. The number of likely N-dealkylation sites (tertiary alicyclic amines) is 1. The van der Waals surface area contributed by atoms with E-state index in [1.165, 1.54) is 0 Å². The number of piperidine rings is 1. The van der Waals surface area contributed by atoms with Gasteiger partial charge in [0.25, 0.3) is 0 Å². The van der Waals surface area contributed by atoms with E-state index in [2.05, 4.69) is 30.7 Å². The molecule has 1 saturated carbocycles. The molecule has 1 aliphatic carbocycles. The zero-order valence-corrected chi connectivity index (χ0v) is 17.2. The Labute approximate surface area is 167 Å². The van der Waals surface area contributed by atoms with Gasteiger partial charge in [-0.05, 0) is 66.9 Å². The van der Waals surface area contributed by atoms with Crippen molar-refractivity contribution in [1.29, 1.82) is 0 Å². The Hall–Kier alpha value is -0.850. The van der Waals surface area contributed by atoms with Gasteiger partial charge in [0.1, 0.15) is 0 Å². The van der Waals surface area contributed by atoms with Crippen molar-refractivity contribution in [3.8, 4) is 0 Å². The van der Waals surface area contributed by atoms with Gasteiger partial charge in [-0.3, -0.25) is 4.79 Å². The summed E-state index contributed by atoms with van der Waals surface area (Å²) in [7, 11) is 0. The fourth-order valence-corrected chi connectivity index (χ4v) is 5.46. The lowest BCUT2D eigenvalue weighted by Crippen LogP contribution is -2.50. The van der Waals surface area contributed by atoms with Crippen LogP contribution < -0.4 is 4.90 Å². The zero-order chi connectivity index (χ0) is 18.3. The van der Waals surface area contributed by atoms with E-state index in [-0.39, 0.29) is 11.5 Å². The first-order valence-electron chi connectivity index (χ1n) is 9.54. The maximum absolute atomic E-state index is 13.4. The minimum Gasteiger partial charge on any atom is -0.393 e. The summed E-state index contributed by atoms with van der Waals surface area (Å²) in [5.41, 5.74) is 0.618. The van der Waals surface area contributed by atoms with Gasteiger partial charge in [0, 0.05) is 36.3 Å². The molecule has 26 heavy (non-hydrogen) atoms. The van der Waals surface area contributed by atoms with Gasteiger partial charge >= 0.3 is 0 Å². The second kappa shape index (κ2) is 7.28. The number of amides is 1. The lowest BCUT2D eigenvalue weighted by atomic mass is 9.78. The van der Waals surface area contributed by atoms with E-state index in [0.29, 0.717) is 17.1 Å². The molecule has 1 aromatic rings. The highest BCUT2D eigenvalue weighted by molar-refractivity contribution is 9.10. The molecule has 1 aromatic heterocycles. The van der Waals surface area contributed by atoms with Gasteiger partial charge in [0.15, 0.2) is 5.15 Å². The third kappa shape index (κ3) is 3.36. The molecule has 1 atom stereocenters. The van der Waals surface area contributed by atoms with Crippen LogP contribution in [0.1, 0.15) is 44.9 Å². The van der Waals surface area contributed by atoms with Crippen LogP contribution in [0, 0.1) is 5.41 Å². The van der Waals surface area contributed by atoms with Crippen molar-refractivity contribution in [2.75, 3.05) is 24.5 Å². The van der Waals surface area contributed by atoms with E-state index in [4.69, 9.17) is 11.6 Å². The number of aliphatic hydroxyl groups excluding tert-OH is 1. The van der Waals surface area contributed by atoms with Crippen molar-refractivity contribution in [3.05, 3.63) is 21.9 Å². The molecule has 4 rings (SSSR count). The molecular weight excluding hydrogens is 418 g/mol. The first-order chi connectivity index (χ1) is 12.5. The summed E-state index contributed by atoms with van der Waals surface area (Å²) in [6, 6.07) is 2.30. The summed E-state index contributed by atoms with van der Waals surface area (Å²) in [4.78, 5) is 22.0. The third-order valence-electron chi connectivity index (χ3n) is 6.36. The molecule has 2 saturated heterocycles. The summed E-state index contributed by atoms with van der Waals surface area (Å²) in [6.45, 7) is 2.47. The molecule has 2 aliphatic heterocycles. The molecule has 0 unspecified atom stereocenters. The Kier molecular flexibility index (Phi) is 5.19. The molecule has 0 radical (unpaired) electrons. The number of carbonyl (C=O) groups excluding carboxylic acids is 1. The van der Waals surface area contributed by atoms with Crippen LogP contribution in [0.4, 0.5) is 5.69 Å². The number of hydrogen-bond acceptors (Lipinski definition) is 4. The summed E-state index contributed by atoms with van der Waals surface area (Å²) in [5, 5.41) is 10.2. The number of pyridine rings is 1. The maximum atomic E-state index is 13.4. The molecule has 0 bridgehead atoms. The Morgan fingerprint density at radius 1 is 1.23 bits per heavy atom. The summed E-state index contributed by atoms with van der Waals surface area (Å²) >= 11 is 9.81. The van der Waals surface area contributed by atoms with Crippen LogP contribution in [-0.2, 0) is 4.79 Å². The van der Waals surface area contributed by atoms with E-state index in [1.807, 2.05) is 6.07 Å². The second-order valence-corrected chi connectivity index (χ2v) is 9.25. The van der Waals surface area contributed by atoms with Crippen LogP contribution in [0.15, 0.2) is 16.7 Å². The molecule has 1 N–H and O–H groups in total. The largest absolute Gasteiger partial charge is 0.393 e. The molecule has 1 spiro atoms. The number of halogens is 2. The highest BCUT2D eigenvalue weighted by atomic mass is 79.9. The average Bonchev–Trinajstić information content (AvgIpc) is 2.94. The van der Waals surface area contributed by atoms with Gasteiger partial charge in [-0.15, -0.1) is 0 Å². The van der Waals surface area contributed by atoms with Crippen molar-refractivity contribution < 1.29 is 9.90 Å². The Bertz CT molecular complexity index is 695. The second-order valence-electron chi connectivity index (χ2n) is 7.98. The van der Waals surface area contributed by atoms with Gasteiger partial charge in [-0.1, -0.05) is 11.6 Å². The minimum absolute atomic E-state index is 0.186. The van der Waals surface area contributed by atoms with Crippen LogP contribution in [0.5, 0.6) is 0 Å². The molecule has 142 valence electrons. The molecule has 3 aliphatic rings. The minimum atomic E-state index is -0.292. The SMILES string of the molecule is O=C1N([C@H]2CC[C@@H](O)CC2)CC[C@@]12CCCN(c1cc(Br)cnc1Cl)C2. The van der Waals surface area contributed by atoms with E-state index < -0.39 is 0 Å². The Balaban J connectivity index is 1.51. The number of anilines is 1. The third-order valence-corrected chi connectivity index (χ3v) is 7.08. The molecule has 0 aromatic carbocycles. The van der Waals surface area contributed by atoms with Crippen molar-refractivity contribution in [2.24, 2.45) is 5.41 Å². The first kappa shape index (κ1) is 18.5. The van der Waals surface area contributed by atoms with Crippen molar-refractivity contribution in [3.63, 3.8) is 0 Å². The molecule has 5 nitrogen and oxygen atoms in total. The van der Waals surface area contributed by atoms with Crippen molar-refractivity contribution in [1.82, 2.24) is 9.88 Å². The summed E-state index contributed by atoms with van der Waals surface area (Å²) < 4.78 is 0.900. The average molecular weight is 443 g/mol. The number of nitrogens with zero attached hydrogens (tertiary/aromatic N) is 3. The van der Waals surface area contributed by atoms with Crippen LogP contribution in [0.25, 0.3) is 0 Å². The van der Waals surface area contributed by atoms with Crippen LogP contribution in [-0.4, -0.2) is 52.7 Å². The van der Waals surface area contributed by atoms with Gasteiger partial charge in [0.2, 0.25) is 5.91 Å². The number of rotatable bonds is 2. The fourth-order valence-electron chi connectivity index (χ4n) is 4.92. The molecule has 3 fully saturated rings. The van der Waals surface area contributed by atoms with Crippen LogP contribution >= 0.6 is 27.5 Å². The number of aliphatic hydroxyl groups is 1. The highest BCUT2D eigenvalue weighted by Crippen LogP contribution is 2.44. The normalized spacial score (nSPS) is 32.5. The van der Waals surface area contributed by atoms with Gasteiger partial charge < -0.3 is 14.9 Å². The zero-order valence-electron chi connectivity index (χ0n) is 14.8. The predicted octanol–water partition coefficient (Wildman–Crippen LogP) is 3.62. The molecule has 7 heteroatoms. The van der Waals surface area contributed by atoms with Gasteiger partial charge in [-0.2, -0.15) is 0 Å². The number of aromatic nitrogens is 1. The fraction of sp³-hybridized carbons (Fsp3) is 0.684. The topological polar surface area (TPSA) is 56.7 Å². The lowest BCUT2D eigenvalue weighted by molar-refractivity contribution is -0.139. The summed E-state index contributed by atoms with van der Waals surface area (Å²) in [6.07, 6.45) is 7.85. The molecular formula is C19H25BrClN3O2. The van der Waals surface area contributed by atoms with Crippen molar-refractivity contribution >= 4 is 39.1 Å². The lowest BCUT2D eigenvalue weighted by Gasteiger charge is -2.41. The highest BCUT2D eigenvalue weighted by Gasteiger charge is 2.50. The number of carbonyl (C=O) groups is 1. The van der Waals surface area contributed by atoms with Gasteiger partial charge in [0.05, 0.1) is 17.2 Å². The first-order valence-corrected chi connectivity index (χ1v) is 10.7. The standard InChI is InChI=1S/C19H25BrClN3O2/c20-13-10-16(17(21)22-11-13)23-8-1-6-19(12-23)7-9-24(18(19)26)14-2-4-15(25)5-3-14/h10-11,14-15,25H,1-9,12H2/t14-,15+,19-/m1/s1. The molecule has 1 amide bonds. The quantitative estimate of drug-likeness (QED) is 0.711. The number of hydrogen-bond donors (Lipinski definition) is 1. The van der Waals surface area contributed by atoms with E-state index in [9.17, 15) is 9.90 Å². The summed E-state index contributed by atoms with van der Waals surface area (Å²) in [5.74, 6) is 0.308. The van der Waals surface area contributed by atoms with Crippen molar-refractivity contribution in [2.45, 2.75) is 57.1 Å². The van der Waals surface area contributed by atoms with E-state index >= 15 is 0 Å². The smallest absolute Gasteiger partial charge is 0.230 e. The Morgan fingerprint density at radius 3 is 2.77 bits per heavy atom. The Morgan fingerprint density at radius 2 is 2.00 bits per heavy atom. The maximum Gasteiger partial charge on any atom is 0.230 e. The molecule has 3 heterocycles. The van der Waals surface area contributed by atoms with Crippen LogP contribution in [0.3, 0.4) is 0 Å². The van der Waals surface area contributed by atoms with Crippen LogP contribution in [0.2, 0.25) is 5.15 Å². The van der Waals surface area contributed by atoms with E-state index in [0.717, 1.165) is 74.7 Å². The van der Waals surface area contributed by atoms with E-state index in [1.54, 1.807) is 6.20 Å². The van der Waals surface area contributed by atoms with Gasteiger partial charge in [-0.25, -0.2) is 4.98 Å². The monoisotopic (exact) mass is 441 g/mol.